The van der Waals surface area contributed by atoms with Crippen molar-refractivity contribution in [2.75, 3.05) is 19.5 Å². The molecule has 130 valence electrons. The molecule has 1 atom stereocenters. The highest BCUT2D eigenvalue weighted by Gasteiger charge is 2.11. The van der Waals surface area contributed by atoms with Gasteiger partial charge in [0.1, 0.15) is 5.82 Å². The second-order valence-corrected chi connectivity index (χ2v) is 5.86. The predicted molar refractivity (Wildman–Crippen MR) is 98.7 cm³/mol. The Hall–Kier alpha value is -3.02. The summed E-state index contributed by atoms with van der Waals surface area (Å²) < 4.78 is 10.6. The Morgan fingerprint density at radius 1 is 1.08 bits per heavy atom. The maximum absolute atomic E-state index is 12.1. The number of ether oxygens (including phenoxy) is 2. The summed E-state index contributed by atoms with van der Waals surface area (Å²) >= 11 is 0. The average Bonchev–Trinajstić information content (AvgIpc) is 2.61. The Bertz CT molecular complexity index is 966. The first kappa shape index (κ1) is 16.8. The molecule has 0 aliphatic carbocycles. The van der Waals surface area contributed by atoms with Gasteiger partial charge in [0.25, 0.3) is 5.56 Å². The quantitative estimate of drug-likeness (QED) is 0.745. The van der Waals surface area contributed by atoms with E-state index >= 15 is 0 Å². The maximum Gasteiger partial charge on any atom is 0.258 e. The highest BCUT2D eigenvalue weighted by Crippen LogP contribution is 2.31. The number of aromatic amines is 1. The molecule has 6 heteroatoms. The van der Waals surface area contributed by atoms with Crippen LogP contribution in [0.1, 0.15) is 24.4 Å². The molecule has 1 aromatic heterocycles. The van der Waals surface area contributed by atoms with Crippen LogP contribution in [0.25, 0.3) is 10.9 Å². The van der Waals surface area contributed by atoms with E-state index in [-0.39, 0.29) is 11.6 Å². The van der Waals surface area contributed by atoms with Crippen molar-refractivity contribution in [3.63, 3.8) is 0 Å². The highest BCUT2D eigenvalue weighted by atomic mass is 16.5. The van der Waals surface area contributed by atoms with Crippen LogP contribution in [0.2, 0.25) is 0 Å². The molecule has 25 heavy (non-hydrogen) atoms. The second-order valence-electron chi connectivity index (χ2n) is 5.86. The number of nitrogens with zero attached hydrogens (tertiary/aromatic N) is 1. The molecule has 0 spiro atoms. The lowest BCUT2D eigenvalue weighted by Crippen LogP contribution is -2.11. The van der Waals surface area contributed by atoms with Gasteiger partial charge >= 0.3 is 0 Å². The van der Waals surface area contributed by atoms with Gasteiger partial charge in [-0.05, 0) is 49.7 Å². The van der Waals surface area contributed by atoms with Crippen molar-refractivity contribution in [3.05, 3.63) is 58.1 Å². The van der Waals surface area contributed by atoms with Crippen LogP contribution in [-0.4, -0.2) is 24.2 Å². The van der Waals surface area contributed by atoms with Crippen LogP contribution in [0.4, 0.5) is 5.69 Å². The number of methoxy groups -OCH3 is 2. The lowest BCUT2D eigenvalue weighted by molar-refractivity contribution is 0.354. The van der Waals surface area contributed by atoms with Crippen LogP contribution in [0.15, 0.2) is 41.2 Å². The van der Waals surface area contributed by atoms with Crippen molar-refractivity contribution in [3.8, 4) is 11.5 Å². The normalized spacial score (nSPS) is 12.0. The third-order valence-corrected chi connectivity index (χ3v) is 4.11. The fourth-order valence-corrected chi connectivity index (χ4v) is 2.80. The fourth-order valence-electron chi connectivity index (χ4n) is 2.80. The Balaban J connectivity index is 1.89. The number of fused-ring (bicyclic) bond motifs is 1. The summed E-state index contributed by atoms with van der Waals surface area (Å²) in [7, 11) is 3.23. The van der Waals surface area contributed by atoms with Gasteiger partial charge in [0.05, 0.1) is 25.1 Å². The van der Waals surface area contributed by atoms with E-state index in [1.165, 1.54) is 0 Å². The molecule has 3 rings (SSSR count). The van der Waals surface area contributed by atoms with Crippen molar-refractivity contribution in [2.45, 2.75) is 19.9 Å². The zero-order valence-corrected chi connectivity index (χ0v) is 14.7. The zero-order valence-electron chi connectivity index (χ0n) is 14.7. The van der Waals surface area contributed by atoms with Crippen LogP contribution in [0, 0.1) is 6.92 Å². The molecular formula is C19H21N3O3. The van der Waals surface area contributed by atoms with Gasteiger partial charge in [0, 0.05) is 11.7 Å². The van der Waals surface area contributed by atoms with Gasteiger partial charge in [0.15, 0.2) is 11.5 Å². The van der Waals surface area contributed by atoms with E-state index in [9.17, 15) is 4.79 Å². The number of aryl methyl sites for hydroxylation is 1. The molecule has 0 fully saturated rings. The van der Waals surface area contributed by atoms with E-state index < -0.39 is 0 Å². The van der Waals surface area contributed by atoms with Crippen LogP contribution >= 0.6 is 0 Å². The first-order chi connectivity index (χ1) is 12.0. The first-order valence-electron chi connectivity index (χ1n) is 8.01. The molecule has 0 saturated carbocycles. The van der Waals surface area contributed by atoms with Gasteiger partial charge in [-0.2, -0.15) is 0 Å². The fraction of sp³-hybridized carbons (Fsp3) is 0.263. The van der Waals surface area contributed by atoms with Gasteiger partial charge in [-0.25, -0.2) is 4.98 Å². The van der Waals surface area contributed by atoms with E-state index in [2.05, 4.69) is 15.3 Å². The lowest BCUT2D eigenvalue weighted by atomic mass is 10.1. The summed E-state index contributed by atoms with van der Waals surface area (Å²) in [6.45, 7) is 3.81. The van der Waals surface area contributed by atoms with Crippen LogP contribution in [0.5, 0.6) is 11.5 Å². The van der Waals surface area contributed by atoms with Crippen LogP contribution in [0.3, 0.4) is 0 Å². The molecule has 0 radical (unpaired) electrons. The Morgan fingerprint density at radius 3 is 2.56 bits per heavy atom. The Labute approximate surface area is 145 Å². The summed E-state index contributed by atoms with van der Waals surface area (Å²) in [6.07, 6.45) is 0. The van der Waals surface area contributed by atoms with Crippen molar-refractivity contribution >= 4 is 16.6 Å². The lowest BCUT2D eigenvalue weighted by Gasteiger charge is -2.18. The minimum Gasteiger partial charge on any atom is -0.493 e. The van der Waals surface area contributed by atoms with Crippen molar-refractivity contribution in [1.82, 2.24) is 9.97 Å². The van der Waals surface area contributed by atoms with E-state index in [1.807, 2.05) is 43.3 Å². The summed E-state index contributed by atoms with van der Waals surface area (Å²) in [6, 6.07) is 11.4. The SMILES string of the molecule is COc1ccc(C(C)Nc2ccc3nc(C)[nH]c(=O)c3c2)cc1OC. The summed E-state index contributed by atoms with van der Waals surface area (Å²) in [5.74, 6) is 1.98. The van der Waals surface area contributed by atoms with E-state index in [4.69, 9.17) is 9.47 Å². The van der Waals surface area contributed by atoms with Gasteiger partial charge in [-0.15, -0.1) is 0 Å². The summed E-state index contributed by atoms with van der Waals surface area (Å²) in [5, 5.41) is 3.97. The number of hydrogen-bond donors (Lipinski definition) is 2. The number of rotatable bonds is 5. The van der Waals surface area contributed by atoms with Crippen LogP contribution in [-0.2, 0) is 0 Å². The third-order valence-electron chi connectivity index (χ3n) is 4.11. The van der Waals surface area contributed by atoms with Crippen molar-refractivity contribution in [1.29, 1.82) is 0 Å². The Morgan fingerprint density at radius 2 is 1.84 bits per heavy atom. The maximum atomic E-state index is 12.1. The molecule has 0 amide bonds. The number of nitrogens with one attached hydrogen (secondary N) is 2. The van der Waals surface area contributed by atoms with Gasteiger partial charge in [-0.1, -0.05) is 6.07 Å². The number of benzene rings is 2. The standard InChI is InChI=1S/C19H21N3O3/c1-11(13-5-8-17(24-3)18(9-13)25-4)20-14-6-7-16-15(10-14)19(23)22-12(2)21-16/h5-11,20H,1-4H3,(H,21,22,23). The molecule has 0 bridgehead atoms. The highest BCUT2D eigenvalue weighted by molar-refractivity contribution is 5.81. The minimum atomic E-state index is -0.134. The summed E-state index contributed by atoms with van der Waals surface area (Å²) in [4.78, 5) is 19.2. The van der Waals surface area contributed by atoms with E-state index in [0.717, 1.165) is 11.3 Å². The average molecular weight is 339 g/mol. The molecule has 1 heterocycles. The molecule has 6 nitrogen and oxygen atoms in total. The van der Waals surface area contributed by atoms with E-state index in [1.54, 1.807) is 21.1 Å². The van der Waals surface area contributed by atoms with Crippen LogP contribution < -0.4 is 20.3 Å². The molecule has 1 unspecified atom stereocenters. The molecular weight excluding hydrogens is 318 g/mol. The van der Waals surface area contributed by atoms with Crippen molar-refractivity contribution in [2.24, 2.45) is 0 Å². The third kappa shape index (κ3) is 3.42. The van der Waals surface area contributed by atoms with E-state index in [0.29, 0.717) is 28.2 Å². The number of H-pyrrole nitrogens is 1. The molecule has 0 aliphatic heterocycles. The monoisotopic (exact) mass is 339 g/mol. The van der Waals surface area contributed by atoms with Gasteiger partial charge in [0.2, 0.25) is 0 Å². The zero-order chi connectivity index (χ0) is 18.0. The number of aromatic nitrogens is 2. The topological polar surface area (TPSA) is 76.2 Å². The minimum absolute atomic E-state index is 0.0229. The summed E-state index contributed by atoms with van der Waals surface area (Å²) in [5.41, 5.74) is 2.45. The molecule has 0 aliphatic rings. The predicted octanol–water partition coefficient (Wildman–Crippen LogP) is 3.42. The van der Waals surface area contributed by atoms with Gasteiger partial charge < -0.3 is 19.8 Å². The molecule has 2 N–H and O–H groups in total. The smallest absolute Gasteiger partial charge is 0.258 e. The molecule has 3 aromatic rings. The first-order valence-corrected chi connectivity index (χ1v) is 8.01. The van der Waals surface area contributed by atoms with Gasteiger partial charge in [-0.3, -0.25) is 4.79 Å². The Kier molecular flexibility index (Phi) is 4.61. The largest absolute Gasteiger partial charge is 0.493 e. The number of hydrogen-bond acceptors (Lipinski definition) is 5. The molecule has 0 saturated heterocycles. The number of anilines is 1. The second kappa shape index (κ2) is 6.84. The van der Waals surface area contributed by atoms with Crippen molar-refractivity contribution < 1.29 is 9.47 Å². The molecule has 2 aromatic carbocycles.